The number of rotatable bonds is 1. The summed E-state index contributed by atoms with van der Waals surface area (Å²) in [6.07, 6.45) is 2.63. The van der Waals surface area contributed by atoms with Crippen LogP contribution in [0.5, 0.6) is 0 Å². The van der Waals surface area contributed by atoms with Crippen LogP contribution in [0.4, 0.5) is 0 Å². The Labute approximate surface area is 51.6 Å². The lowest BCUT2D eigenvalue weighted by Gasteiger charge is -1.97. The highest BCUT2D eigenvalue weighted by Gasteiger charge is 1.82. The van der Waals surface area contributed by atoms with Crippen molar-refractivity contribution in [2.75, 3.05) is 7.11 Å². The van der Waals surface area contributed by atoms with Gasteiger partial charge in [-0.15, -0.1) is 9.94 Å². The minimum atomic E-state index is -0.122. The van der Waals surface area contributed by atoms with E-state index in [0.29, 0.717) is 0 Å². The number of nitrogens with zero attached hydrogens (tertiary/aromatic N) is 2. The van der Waals surface area contributed by atoms with Crippen LogP contribution in [0.25, 0.3) is 0 Å². The van der Waals surface area contributed by atoms with Crippen molar-refractivity contribution in [3.63, 3.8) is 0 Å². The van der Waals surface area contributed by atoms with Crippen molar-refractivity contribution in [1.82, 2.24) is 9.94 Å². The van der Waals surface area contributed by atoms with Gasteiger partial charge in [0.15, 0.2) is 5.43 Å². The number of hydrogen-bond acceptors (Lipinski definition) is 3. The standard InChI is InChI=1S/C5H6N2O2/c1-9-7-3-2-5(8)4-6-7/h2-4H,1H3. The van der Waals surface area contributed by atoms with Gasteiger partial charge in [-0.2, -0.15) is 0 Å². The van der Waals surface area contributed by atoms with Gasteiger partial charge in [0.1, 0.15) is 7.11 Å². The van der Waals surface area contributed by atoms with E-state index < -0.39 is 0 Å². The molecule has 0 saturated carbocycles. The summed E-state index contributed by atoms with van der Waals surface area (Å²) in [5.41, 5.74) is -0.122. The summed E-state index contributed by atoms with van der Waals surface area (Å²) in [7, 11) is 1.47. The highest BCUT2D eigenvalue weighted by atomic mass is 16.7. The maximum Gasteiger partial charge on any atom is 0.200 e. The summed E-state index contributed by atoms with van der Waals surface area (Å²) >= 11 is 0. The molecule has 0 aliphatic rings. The summed E-state index contributed by atoms with van der Waals surface area (Å²) in [5.74, 6) is 0. The molecule has 1 aromatic heterocycles. The maximum absolute atomic E-state index is 10.4. The summed E-state index contributed by atoms with van der Waals surface area (Å²) < 4.78 is 0. The van der Waals surface area contributed by atoms with Crippen LogP contribution in [0.15, 0.2) is 23.3 Å². The molecule has 0 spiro atoms. The molecule has 0 aromatic carbocycles. The van der Waals surface area contributed by atoms with Crippen LogP contribution in [0, 0.1) is 0 Å². The van der Waals surface area contributed by atoms with Gasteiger partial charge in [-0.3, -0.25) is 4.79 Å². The molecule has 0 radical (unpaired) electrons. The Bertz CT molecular complexity index is 222. The lowest BCUT2D eigenvalue weighted by atomic mass is 10.6. The van der Waals surface area contributed by atoms with Gasteiger partial charge < -0.3 is 4.84 Å². The largest absolute Gasteiger partial charge is 0.400 e. The van der Waals surface area contributed by atoms with E-state index in [0.717, 1.165) is 0 Å². The minimum absolute atomic E-state index is 0.122. The van der Waals surface area contributed by atoms with Crippen molar-refractivity contribution in [1.29, 1.82) is 0 Å². The van der Waals surface area contributed by atoms with Crippen molar-refractivity contribution < 1.29 is 4.84 Å². The molecule has 4 heteroatoms. The second-order valence-corrected chi connectivity index (χ2v) is 1.45. The average Bonchev–Trinajstić information content (AvgIpc) is 1.90. The van der Waals surface area contributed by atoms with Gasteiger partial charge in [-0.05, 0) is 0 Å². The highest BCUT2D eigenvalue weighted by molar-refractivity contribution is 4.83. The molecule has 0 saturated heterocycles. The first-order chi connectivity index (χ1) is 4.33. The van der Waals surface area contributed by atoms with Crippen LogP contribution in [0.1, 0.15) is 0 Å². The van der Waals surface area contributed by atoms with Crippen LogP contribution in [0.2, 0.25) is 0 Å². The third kappa shape index (κ3) is 1.28. The summed E-state index contributed by atoms with van der Waals surface area (Å²) in [5, 5.41) is 3.58. The molecule has 1 rings (SSSR count). The molecule has 9 heavy (non-hydrogen) atoms. The molecule has 0 aliphatic carbocycles. The van der Waals surface area contributed by atoms with Crippen LogP contribution >= 0.6 is 0 Å². The predicted molar refractivity (Wildman–Crippen MR) is 31.0 cm³/mol. The lowest BCUT2D eigenvalue weighted by Crippen LogP contribution is -2.13. The third-order valence-corrected chi connectivity index (χ3v) is 0.852. The fourth-order valence-electron chi connectivity index (χ4n) is 0.441. The quantitative estimate of drug-likeness (QED) is 0.500. The molecule has 0 aliphatic heterocycles. The fourth-order valence-corrected chi connectivity index (χ4v) is 0.441. The molecule has 0 unspecified atom stereocenters. The fraction of sp³-hybridized carbons (Fsp3) is 0.200. The zero-order valence-corrected chi connectivity index (χ0v) is 4.94. The first-order valence-corrected chi connectivity index (χ1v) is 2.42. The van der Waals surface area contributed by atoms with Crippen LogP contribution in [-0.4, -0.2) is 17.1 Å². The topological polar surface area (TPSA) is 44.1 Å². The molecule has 4 nitrogen and oxygen atoms in total. The first-order valence-electron chi connectivity index (χ1n) is 2.42. The number of aromatic nitrogens is 2. The molecule has 0 atom stereocenters. The number of hydrogen-bond donors (Lipinski definition) is 0. The van der Waals surface area contributed by atoms with Gasteiger partial charge >= 0.3 is 0 Å². The van der Waals surface area contributed by atoms with Gasteiger partial charge in [-0.25, -0.2) is 0 Å². The van der Waals surface area contributed by atoms with Crippen molar-refractivity contribution >= 4 is 0 Å². The Morgan fingerprint density at radius 1 is 1.78 bits per heavy atom. The lowest BCUT2D eigenvalue weighted by molar-refractivity contribution is 0.129. The van der Waals surface area contributed by atoms with Crippen molar-refractivity contribution in [2.24, 2.45) is 0 Å². The molecule has 0 N–H and O–H groups in total. The van der Waals surface area contributed by atoms with Crippen LogP contribution < -0.4 is 10.3 Å². The van der Waals surface area contributed by atoms with E-state index in [9.17, 15) is 4.79 Å². The van der Waals surface area contributed by atoms with Gasteiger partial charge in [0.2, 0.25) is 0 Å². The molecular formula is C5H6N2O2. The Kier molecular flexibility index (Phi) is 1.48. The van der Waals surface area contributed by atoms with E-state index in [2.05, 4.69) is 9.94 Å². The second kappa shape index (κ2) is 2.30. The molecule has 0 bridgehead atoms. The minimum Gasteiger partial charge on any atom is -0.400 e. The molecule has 0 amide bonds. The average molecular weight is 126 g/mol. The zero-order chi connectivity index (χ0) is 6.69. The van der Waals surface area contributed by atoms with E-state index in [1.54, 1.807) is 0 Å². The SMILES string of the molecule is COn1ccc(=O)cn1. The summed E-state index contributed by atoms with van der Waals surface area (Å²) in [6.45, 7) is 0. The molecule has 0 fully saturated rings. The Morgan fingerprint density at radius 2 is 2.56 bits per heavy atom. The monoisotopic (exact) mass is 126 g/mol. The highest BCUT2D eigenvalue weighted by Crippen LogP contribution is 1.68. The van der Waals surface area contributed by atoms with E-state index in [4.69, 9.17) is 0 Å². The smallest absolute Gasteiger partial charge is 0.200 e. The van der Waals surface area contributed by atoms with Crippen molar-refractivity contribution in [3.05, 3.63) is 28.7 Å². The summed E-state index contributed by atoms with van der Waals surface area (Å²) in [4.78, 5) is 16.2. The second-order valence-electron chi connectivity index (χ2n) is 1.45. The van der Waals surface area contributed by atoms with Crippen LogP contribution in [-0.2, 0) is 0 Å². The van der Waals surface area contributed by atoms with E-state index in [1.165, 1.54) is 30.4 Å². The molecule has 1 aromatic rings. The third-order valence-electron chi connectivity index (χ3n) is 0.852. The van der Waals surface area contributed by atoms with E-state index >= 15 is 0 Å². The Hall–Kier alpha value is -1.32. The van der Waals surface area contributed by atoms with E-state index in [1.807, 2.05) is 0 Å². The maximum atomic E-state index is 10.4. The van der Waals surface area contributed by atoms with Gasteiger partial charge in [0, 0.05) is 6.07 Å². The van der Waals surface area contributed by atoms with Gasteiger partial charge in [-0.1, -0.05) is 0 Å². The van der Waals surface area contributed by atoms with Gasteiger partial charge in [0.05, 0.1) is 12.4 Å². The Morgan fingerprint density at radius 3 is 3.00 bits per heavy atom. The van der Waals surface area contributed by atoms with Crippen molar-refractivity contribution in [2.45, 2.75) is 0 Å². The van der Waals surface area contributed by atoms with E-state index in [-0.39, 0.29) is 5.43 Å². The predicted octanol–water partition coefficient (Wildman–Crippen LogP) is -0.698. The first kappa shape index (κ1) is 5.81. The molecule has 48 valence electrons. The normalized spacial score (nSPS) is 9.00. The van der Waals surface area contributed by atoms with Crippen LogP contribution in [0.3, 0.4) is 0 Å². The van der Waals surface area contributed by atoms with Crippen molar-refractivity contribution in [3.8, 4) is 0 Å². The Balaban J connectivity index is 3.02. The molecular weight excluding hydrogens is 120 g/mol. The summed E-state index contributed by atoms with van der Waals surface area (Å²) in [6, 6.07) is 1.37. The van der Waals surface area contributed by atoms with Gasteiger partial charge in [0.25, 0.3) is 0 Å². The molecule has 1 heterocycles. The zero-order valence-electron chi connectivity index (χ0n) is 4.94.